The molecule has 11 heteroatoms. The summed E-state index contributed by atoms with van der Waals surface area (Å²) in [6.45, 7) is 1.81. The van der Waals surface area contributed by atoms with Gasteiger partial charge < -0.3 is 10.1 Å². The molecule has 0 aliphatic carbocycles. The Morgan fingerprint density at radius 3 is 2.93 bits per heavy atom. The number of benzene rings is 1. The number of nitrogens with zero attached hydrogens (tertiary/aromatic N) is 3. The first-order chi connectivity index (χ1) is 14.0. The van der Waals surface area contributed by atoms with Crippen molar-refractivity contribution in [2.45, 2.75) is 12.6 Å². The van der Waals surface area contributed by atoms with Crippen LogP contribution in [0.5, 0.6) is 0 Å². The minimum Gasteiger partial charge on any atom is -0.372 e. The van der Waals surface area contributed by atoms with Gasteiger partial charge in [-0.15, -0.1) is 0 Å². The zero-order valence-corrected chi connectivity index (χ0v) is 15.9. The molecule has 0 saturated carbocycles. The Bertz CT molecular complexity index is 1130. The van der Waals surface area contributed by atoms with Crippen LogP contribution in [0.25, 0.3) is 11.4 Å². The number of aromatic amines is 1. The average Bonchev–Trinajstić information content (AvgIpc) is 3.00. The Morgan fingerprint density at radius 2 is 2.17 bits per heavy atom. The molecular formula is C18H17ClFN5O4. The molecule has 1 saturated heterocycles. The van der Waals surface area contributed by atoms with Crippen LogP contribution >= 0.6 is 11.6 Å². The second-order valence-electron chi connectivity index (χ2n) is 6.60. The molecule has 1 aliphatic heterocycles. The van der Waals surface area contributed by atoms with Crippen LogP contribution in [0.1, 0.15) is 11.7 Å². The molecule has 2 N–H and O–H groups in total. The fraction of sp³-hybridized carbons (Fsp3) is 0.333. The minimum absolute atomic E-state index is 0.0303. The Morgan fingerprint density at radius 1 is 1.31 bits per heavy atom. The van der Waals surface area contributed by atoms with Gasteiger partial charge in [-0.3, -0.25) is 14.3 Å². The predicted octanol–water partition coefficient (Wildman–Crippen LogP) is 1.36. The molecule has 3 heterocycles. The van der Waals surface area contributed by atoms with Crippen LogP contribution in [0.3, 0.4) is 0 Å². The first-order valence-corrected chi connectivity index (χ1v) is 9.30. The van der Waals surface area contributed by atoms with Crippen molar-refractivity contribution in [3.63, 3.8) is 0 Å². The summed E-state index contributed by atoms with van der Waals surface area (Å²) < 4.78 is 25.7. The normalized spacial score (nSPS) is 19.8. The van der Waals surface area contributed by atoms with Gasteiger partial charge in [0.05, 0.1) is 29.8 Å². The van der Waals surface area contributed by atoms with Crippen molar-refractivity contribution in [3.8, 4) is 11.4 Å². The first-order valence-electron chi connectivity index (χ1n) is 8.92. The maximum Gasteiger partial charge on any atom is 0.439 e. The van der Waals surface area contributed by atoms with Crippen molar-refractivity contribution in [1.29, 1.82) is 0 Å². The van der Waals surface area contributed by atoms with Gasteiger partial charge in [0.15, 0.2) is 5.82 Å². The third kappa shape index (κ3) is 4.14. The van der Waals surface area contributed by atoms with E-state index in [4.69, 9.17) is 16.3 Å². The monoisotopic (exact) mass is 421 g/mol. The van der Waals surface area contributed by atoms with Gasteiger partial charge in [0.25, 0.3) is 5.56 Å². The molecule has 0 amide bonds. The van der Waals surface area contributed by atoms with E-state index in [0.29, 0.717) is 25.3 Å². The largest absolute Gasteiger partial charge is 0.439 e. The summed E-state index contributed by atoms with van der Waals surface area (Å²) in [4.78, 5) is 26.4. The van der Waals surface area contributed by atoms with Gasteiger partial charge in [-0.2, -0.15) is 5.10 Å². The van der Waals surface area contributed by atoms with Crippen molar-refractivity contribution < 1.29 is 13.7 Å². The quantitative estimate of drug-likeness (QED) is 0.653. The smallest absolute Gasteiger partial charge is 0.372 e. The summed E-state index contributed by atoms with van der Waals surface area (Å²) in [5.41, 5.74) is 0.343. The summed E-state index contributed by atoms with van der Waals surface area (Å²) >= 11 is 5.79. The van der Waals surface area contributed by atoms with Crippen molar-refractivity contribution in [2.75, 3.05) is 19.7 Å². The molecule has 0 radical (unpaired) electrons. The van der Waals surface area contributed by atoms with Crippen molar-refractivity contribution in [2.24, 2.45) is 5.92 Å². The van der Waals surface area contributed by atoms with Gasteiger partial charge in [-0.1, -0.05) is 22.8 Å². The third-order valence-electron chi connectivity index (χ3n) is 4.70. The molecule has 4 rings (SSSR count). The van der Waals surface area contributed by atoms with E-state index in [1.54, 1.807) is 6.07 Å². The number of ether oxygens (including phenoxy) is 1. The van der Waals surface area contributed by atoms with Crippen LogP contribution in [0.4, 0.5) is 4.39 Å². The number of H-pyrrole nitrogens is 1. The lowest BCUT2D eigenvalue weighted by atomic mass is 9.95. The Hall–Kier alpha value is -2.82. The minimum atomic E-state index is -0.756. The van der Waals surface area contributed by atoms with E-state index in [-0.39, 0.29) is 28.9 Å². The summed E-state index contributed by atoms with van der Waals surface area (Å²) in [5.74, 6) is -1.47. The topological polar surface area (TPSA) is 115 Å². The van der Waals surface area contributed by atoms with E-state index in [1.807, 2.05) is 0 Å². The molecule has 2 atom stereocenters. The molecular weight excluding hydrogens is 405 g/mol. The third-order valence-corrected chi connectivity index (χ3v) is 5.00. The van der Waals surface area contributed by atoms with E-state index in [2.05, 4.69) is 25.1 Å². The molecule has 1 aliphatic rings. The Labute approximate surface area is 168 Å². The zero-order valence-electron chi connectivity index (χ0n) is 15.1. The summed E-state index contributed by atoms with van der Waals surface area (Å²) in [7, 11) is 0. The highest BCUT2D eigenvalue weighted by atomic mass is 35.5. The van der Waals surface area contributed by atoms with E-state index >= 15 is 0 Å². The summed E-state index contributed by atoms with van der Waals surface area (Å²) in [5, 5.41) is 11.0. The van der Waals surface area contributed by atoms with Gasteiger partial charge in [0.1, 0.15) is 5.82 Å². The van der Waals surface area contributed by atoms with Gasteiger partial charge in [-0.25, -0.2) is 13.9 Å². The highest BCUT2D eigenvalue weighted by molar-refractivity contribution is 6.30. The SMILES string of the molecule is O=c1[nH]c(-c2ccnn(CC3CNCCOC3c3ccc(Cl)c(F)c3)c2=O)no1. The molecule has 0 bridgehead atoms. The maximum atomic E-state index is 14.0. The first kappa shape index (κ1) is 19.5. The predicted molar refractivity (Wildman–Crippen MR) is 101 cm³/mol. The summed E-state index contributed by atoms with van der Waals surface area (Å²) in [6.07, 6.45) is 0.979. The van der Waals surface area contributed by atoms with Gasteiger partial charge in [-0.05, 0) is 23.8 Å². The fourth-order valence-electron chi connectivity index (χ4n) is 3.34. The molecule has 29 heavy (non-hydrogen) atoms. The number of hydrogen-bond donors (Lipinski definition) is 2. The van der Waals surface area contributed by atoms with Gasteiger partial charge in [0.2, 0.25) is 0 Å². The lowest BCUT2D eigenvalue weighted by Gasteiger charge is -2.25. The number of rotatable bonds is 4. The van der Waals surface area contributed by atoms with Gasteiger partial charge >= 0.3 is 5.76 Å². The highest BCUT2D eigenvalue weighted by Crippen LogP contribution is 2.30. The Balaban J connectivity index is 1.66. The second-order valence-corrected chi connectivity index (χ2v) is 7.01. The molecule has 9 nitrogen and oxygen atoms in total. The zero-order chi connectivity index (χ0) is 20.4. The summed E-state index contributed by atoms with van der Waals surface area (Å²) in [6, 6.07) is 5.98. The van der Waals surface area contributed by atoms with Crippen LogP contribution in [-0.2, 0) is 11.3 Å². The van der Waals surface area contributed by atoms with Gasteiger partial charge in [0, 0.05) is 25.2 Å². The number of halogens is 2. The molecule has 1 fully saturated rings. The van der Waals surface area contributed by atoms with E-state index in [9.17, 15) is 14.0 Å². The van der Waals surface area contributed by atoms with Crippen LogP contribution in [0, 0.1) is 11.7 Å². The van der Waals surface area contributed by atoms with Crippen molar-refractivity contribution in [3.05, 3.63) is 67.8 Å². The molecule has 3 aromatic rings. The van der Waals surface area contributed by atoms with E-state index in [0.717, 1.165) is 0 Å². The van der Waals surface area contributed by atoms with Crippen LogP contribution in [0.15, 0.2) is 44.6 Å². The fourth-order valence-corrected chi connectivity index (χ4v) is 3.45. The molecule has 152 valence electrons. The lowest BCUT2D eigenvalue weighted by molar-refractivity contribution is 0.0236. The number of nitrogens with one attached hydrogen (secondary N) is 2. The highest BCUT2D eigenvalue weighted by Gasteiger charge is 2.28. The number of aromatic nitrogens is 4. The Kier molecular flexibility index (Phi) is 5.56. The maximum absolute atomic E-state index is 14.0. The van der Waals surface area contributed by atoms with Crippen LogP contribution < -0.4 is 16.6 Å². The van der Waals surface area contributed by atoms with Crippen LogP contribution in [0.2, 0.25) is 5.02 Å². The van der Waals surface area contributed by atoms with E-state index < -0.39 is 23.2 Å². The molecule has 0 spiro atoms. The standard InChI is InChI=1S/C18H17ClFN5O4/c19-13-2-1-10(7-14(13)20)15-11(8-21-5-6-28-15)9-25-17(26)12(3-4-22-25)16-23-18(27)29-24-16/h1-4,7,11,15,21H,5-6,8-9H2,(H,23,24,27). The molecule has 2 aromatic heterocycles. The van der Waals surface area contributed by atoms with Crippen molar-refractivity contribution in [1.82, 2.24) is 25.2 Å². The van der Waals surface area contributed by atoms with E-state index in [1.165, 1.54) is 29.1 Å². The lowest BCUT2D eigenvalue weighted by Crippen LogP contribution is -2.34. The van der Waals surface area contributed by atoms with Crippen LogP contribution in [-0.4, -0.2) is 39.6 Å². The number of hydrogen-bond acceptors (Lipinski definition) is 7. The average molecular weight is 422 g/mol. The van der Waals surface area contributed by atoms with Crippen molar-refractivity contribution >= 4 is 11.6 Å². The molecule has 1 aromatic carbocycles. The molecule has 2 unspecified atom stereocenters. The second kappa shape index (κ2) is 8.27.